The number of rotatable bonds is 6. The SMILES string of the molecule is CC(=O)Nc1cc(Cl)c(-c2ccccn2)cc1C=CC(=O)N1C2COCC1CN(Cc1ccc(F)cc1)C2. The lowest BCUT2D eigenvalue weighted by Gasteiger charge is -2.49. The molecule has 2 atom stereocenters. The number of carbonyl (C=O) groups excluding carboxylic acids is 2. The molecule has 9 heteroatoms. The van der Waals surface area contributed by atoms with Gasteiger partial charge >= 0.3 is 0 Å². The number of amides is 2. The molecule has 1 N–H and O–H groups in total. The number of nitrogens with one attached hydrogen (secondary N) is 1. The monoisotopic (exact) mass is 534 g/mol. The predicted molar refractivity (Wildman–Crippen MR) is 145 cm³/mol. The summed E-state index contributed by atoms with van der Waals surface area (Å²) in [5.74, 6) is -0.611. The van der Waals surface area contributed by atoms with Crippen molar-refractivity contribution in [2.24, 2.45) is 0 Å². The number of ether oxygens (including phenoxy) is 1. The van der Waals surface area contributed by atoms with Crippen LogP contribution in [0.3, 0.4) is 0 Å². The summed E-state index contributed by atoms with van der Waals surface area (Å²) in [6.07, 6.45) is 4.93. The molecular formula is C29H28ClFN4O3. The standard InChI is InChI=1S/C29H28ClFN4O3/c1-19(36)33-28-13-26(30)25(27-4-2-3-11-32-27)12-21(28)7-10-29(37)35-23-15-34(16-24(35)18-38-17-23)14-20-5-8-22(31)9-6-20/h2-13,23-24H,14-18H2,1H3,(H,33,36). The number of pyridine rings is 1. The molecule has 2 fully saturated rings. The van der Waals surface area contributed by atoms with Crippen molar-refractivity contribution in [3.8, 4) is 11.3 Å². The molecule has 3 aromatic rings. The van der Waals surface area contributed by atoms with Crippen LogP contribution in [0.4, 0.5) is 10.1 Å². The maximum Gasteiger partial charge on any atom is 0.247 e. The first kappa shape index (κ1) is 26.0. The van der Waals surface area contributed by atoms with E-state index < -0.39 is 0 Å². The van der Waals surface area contributed by atoms with Gasteiger partial charge in [0.05, 0.1) is 36.0 Å². The summed E-state index contributed by atoms with van der Waals surface area (Å²) in [6.45, 7) is 4.35. The van der Waals surface area contributed by atoms with Crippen molar-refractivity contribution in [2.75, 3.05) is 31.6 Å². The van der Waals surface area contributed by atoms with Gasteiger partial charge in [0.1, 0.15) is 5.82 Å². The average molecular weight is 535 g/mol. The first-order valence-electron chi connectivity index (χ1n) is 12.4. The molecule has 2 unspecified atom stereocenters. The number of halogens is 2. The lowest BCUT2D eigenvalue weighted by molar-refractivity contribution is -0.150. The molecule has 196 valence electrons. The van der Waals surface area contributed by atoms with Gasteiger partial charge in [-0.2, -0.15) is 0 Å². The van der Waals surface area contributed by atoms with Crippen LogP contribution in [0.15, 0.2) is 66.9 Å². The van der Waals surface area contributed by atoms with E-state index in [0.717, 1.165) is 5.56 Å². The number of piperazine rings is 1. The first-order chi connectivity index (χ1) is 18.4. The second-order valence-electron chi connectivity index (χ2n) is 9.56. The zero-order chi connectivity index (χ0) is 26.6. The van der Waals surface area contributed by atoms with Crippen molar-refractivity contribution in [2.45, 2.75) is 25.6 Å². The lowest BCUT2D eigenvalue weighted by atomic mass is 10.0. The minimum Gasteiger partial charge on any atom is -0.377 e. The Hall–Kier alpha value is -3.59. The molecule has 38 heavy (non-hydrogen) atoms. The third-order valence-electron chi connectivity index (χ3n) is 6.72. The molecule has 5 rings (SSSR count). The minimum absolute atomic E-state index is 0.0933. The van der Waals surface area contributed by atoms with Gasteiger partial charge in [0, 0.05) is 50.1 Å². The number of benzene rings is 2. The van der Waals surface area contributed by atoms with Crippen LogP contribution in [0.5, 0.6) is 0 Å². The summed E-state index contributed by atoms with van der Waals surface area (Å²) in [5.41, 5.74) is 3.58. The Morgan fingerprint density at radius 1 is 1.13 bits per heavy atom. The third kappa shape index (κ3) is 5.93. The van der Waals surface area contributed by atoms with Crippen LogP contribution < -0.4 is 5.32 Å². The van der Waals surface area contributed by atoms with E-state index in [0.29, 0.717) is 60.4 Å². The van der Waals surface area contributed by atoms with Gasteiger partial charge in [0.25, 0.3) is 0 Å². The molecule has 2 amide bonds. The number of carbonyl (C=O) groups is 2. The summed E-state index contributed by atoms with van der Waals surface area (Å²) < 4.78 is 19.1. The van der Waals surface area contributed by atoms with Crippen LogP contribution in [0.1, 0.15) is 18.1 Å². The zero-order valence-electron chi connectivity index (χ0n) is 20.9. The van der Waals surface area contributed by atoms with Crippen LogP contribution in [-0.2, 0) is 20.9 Å². The molecule has 0 radical (unpaired) electrons. The zero-order valence-corrected chi connectivity index (χ0v) is 21.7. The molecule has 2 saturated heterocycles. The van der Waals surface area contributed by atoms with Crippen molar-refractivity contribution < 1.29 is 18.7 Å². The van der Waals surface area contributed by atoms with E-state index in [2.05, 4.69) is 15.2 Å². The van der Waals surface area contributed by atoms with E-state index in [1.165, 1.54) is 25.1 Å². The van der Waals surface area contributed by atoms with Crippen molar-refractivity contribution in [3.63, 3.8) is 0 Å². The van der Waals surface area contributed by atoms with Gasteiger partial charge in [0.15, 0.2) is 0 Å². The second-order valence-corrected chi connectivity index (χ2v) is 9.97. The van der Waals surface area contributed by atoms with Crippen molar-refractivity contribution >= 4 is 35.2 Å². The summed E-state index contributed by atoms with van der Waals surface area (Å²) >= 11 is 6.52. The summed E-state index contributed by atoms with van der Waals surface area (Å²) in [6, 6.07) is 15.4. The normalized spacial score (nSPS) is 19.5. The van der Waals surface area contributed by atoms with Crippen LogP contribution in [0, 0.1) is 5.82 Å². The molecule has 0 saturated carbocycles. The highest BCUT2D eigenvalue weighted by atomic mass is 35.5. The van der Waals surface area contributed by atoms with E-state index in [1.54, 1.807) is 30.5 Å². The van der Waals surface area contributed by atoms with E-state index in [4.69, 9.17) is 16.3 Å². The summed E-state index contributed by atoms with van der Waals surface area (Å²) in [7, 11) is 0. The van der Waals surface area contributed by atoms with Gasteiger partial charge in [0.2, 0.25) is 11.8 Å². The Labute approximate surface area is 225 Å². The highest BCUT2D eigenvalue weighted by Gasteiger charge is 2.40. The Morgan fingerprint density at radius 3 is 2.53 bits per heavy atom. The van der Waals surface area contributed by atoms with Crippen molar-refractivity contribution in [3.05, 3.63) is 88.8 Å². The maximum atomic E-state index is 13.4. The minimum atomic E-state index is -0.254. The molecule has 2 aromatic carbocycles. The third-order valence-corrected chi connectivity index (χ3v) is 7.03. The second kappa shape index (κ2) is 11.4. The van der Waals surface area contributed by atoms with Crippen LogP contribution in [0.25, 0.3) is 17.3 Å². The van der Waals surface area contributed by atoms with Crippen LogP contribution in [0.2, 0.25) is 5.02 Å². The smallest absolute Gasteiger partial charge is 0.247 e. The summed E-state index contributed by atoms with van der Waals surface area (Å²) in [4.78, 5) is 33.8. The fourth-order valence-electron chi connectivity index (χ4n) is 5.08. The van der Waals surface area contributed by atoms with Gasteiger partial charge in [-0.25, -0.2) is 4.39 Å². The molecular weight excluding hydrogens is 507 g/mol. The van der Waals surface area contributed by atoms with Gasteiger partial charge in [-0.15, -0.1) is 0 Å². The number of nitrogens with zero attached hydrogens (tertiary/aromatic N) is 3. The first-order valence-corrected chi connectivity index (χ1v) is 12.8. The van der Waals surface area contributed by atoms with Crippen molar-refractivity contribution in [1.82, 2.24) is 14.8 Å². The number of aromatic nitrogens is 1. The predicted octanol–water partition coefficient (Wildman–Crippen LogP) is 4.62. The molecule has 0 aliphatic carbocycles. The number of hydrogen-bond acceptors (Lipinski definition) is 5. The number of hydrogen-bond donors (Lipinski definition) is 1. The van der Waals surface area contributed by atoms with Gasteiger partial charge in [-0.05, 0) is 53.6 Å². The highest BCUT2D eigenvalue weighted by Crippen LogP contribution is 2.33. The molecule has 2 bridgehead atoms. The van der Waals surface area contributed by atoms with Gasteiger partial charge in [-0.3, -0.25) is 19.5 Å². The average Bonchev–Trinajstić information content (AvgIpc) is 2.89. The molecule has 3 heterocycles. The van der Waals surface area contributed by atoms with E-state index in [-0.39, 0.29) is 29.7 Å². The quantitative estimate of drug-likeness (QED) is 0.467. The molecule has 1 aromatic heterocycles. The largest absolute Gasteiger partial charge is 0.377 e. The van der Waals surface area contributed by atoms with E-state index in [9.17, 15) is 14.0 Å². The maximum absolute atomic E-state index is 13.4. The van der Waals surface area contributed by atoms with E-state index in [1.807, 2.05) is 29.2 Å². The fraction of sp³-hybridized carbons (Fsp3) is 0.276. The Morgan fingerprint density at radius 2 is 1.87 bits per heavy atom. The fourth-order valence-corrected chi connectivity index (χ4v) is 5.34. The number of morpholine rings is 1. The van der Waals surface area contributed by atoms with Gasteiger partial charge in [-0.1, -0.05) is 29.8 Å². The Bertz CT molecular complexity index is 1340. The van der Waals surface area contributed by atoms with E-state index >= 15 is 0 Å². The number of anilines is 1. The molecule has 7 nitrogen and oxygen atoms in total. The topological polar surface area (TPSA) is 74.8 Å². The van der Waals surface area contributed by atoms with Crippen LogP contribution in [-0.4, -0.2) is 65.0 Å². The number of fused-ring (bicyclic) bond motifs is 2. The van der Waals surface area contributed by atoms with Gasteiger partial charge < -0.3 is 15.0 Å². The lowest BCUT2D eigenvalue weighted by Crippen LogP contribution is -2.65. The van der Waals surface area contributed by atoms with Crippen LogP contribution >= 0.6 is 11.6 Å². The highest BCUT2D eigenvalue weighted by molar-refractivity contribution is 6.33. The molecule has 2 aliphatic rings. The van der Waals surface area contributed by atoms with Crippen molar-refractivity contribution in [1.29, 1.82) is 0 Å². The Balaban J connectivity index is 1.36. The summed E-state index contributed by atoms with van der Waals surface area (Å²) in [5, 5.41) is 3.24. The Kier molecular flexibility index (Phi) is 7.83. The molecule has 0 spiro atoms. The molecule has 2 aliphatic heterocycles.